The molecule has 0 aliphatic carbocycles. The molecule has 1 aliphatic heterocycles. The number of ether oxygens (including phenoxy) is 1. The van der Waals surface area contributed by atoms with Crippen molar-refractivity contribution >= 4 is 16.9 Å². The Kier molecular flexibility index (Phi) is 6.24. The zero-order valence-electron chi connectivity index (χ0n) is 18.5. The SMILES string of the molecule is CCOCCn1c(C[NH+]2CCN(c3ccccc3)CC2)nc2c1c(=O)n(C)c(=O)n2C. The first-order valence-electron chi connectivity index (χ1n) is 10.9. The molecule has 9 nitrogen and oxygen atoms in total. The second kappa shape index (κ2) is 9.07. The number of para-hydroxylation sites is 1. The molecule has 1 aromatic carbocycles. The third-order valence-corrected chi connectivity index (χ3v) is 6.09. The van der Waals surface area contributed by atoms with Crippen LogP contribution >= 0.6 is 0 Å². The van der Waals surface area contributed by atoms with Gasteiger partial charge in [-0.3, -0.25) is 13.9 Å². The summed E-state index contributed by atoms with van der Waals surface area (Å²) < 4.78 is 10.1. The number of rotatable bonds is 7. The summed E-state index contributed by atoms with van der Waals surface area (Å²) in [5.41, 5.74) is 1.51. The number of imidazole rings is 1. The van der Waals surface area contributed by atoms with Crippen molar-refractivity contribution in [3.63, 3.8) is 0 Å². The van der Waals surface area contributed by atoms with E-state index in [1.165, 1.54) is 22.2 Å². The van der Waals surface area contributed by atoms with E-state index in [0.29, 0.717) is 37.5 Å². The zero-order chi connectivity index (χ0) is 22.0. The summed E-state index contributed by atoms with van der Waals surface area (Å²) in [5.74, 6) is 0.830. The van der Waals surface area contributed by atoms with E-state index in [4.69, 9.17) is 9.72 Å². The van der Waals surface area contributed by atoms with E-state index in [9.17, 15) is 9.59 Å². The van der Waals surface area contributed by atoms with Gasteiger partial charge in [0.2, 0.25) is 0 Å². The quantitative estimate of drug-likeness (QED) is 0.509. The molecule has 3 heterocycles. The summed E-state index contributed by atoms with van der Waals surface area (Å²) >= 11 is 0. The van der Waals surface area contributed by atoms with Crippen molar-refractivity contribution < 1.29 is 9.64 Å². The van der Waals surface area contributed by atoms with Gasteiger partial charge in [0.25, 0.3) is 5.56 Å². The third-order valence-electron chi connectivity index (χ3n) is 6.09. The van der Waals surface area contributed by atoms with E-state index in [1.54, 1.807) is 7.05 Å². The van der Waals surface area contributed by atoms with Crippen LogP contribution in [0.2, 0.25) is 0 Å². The highest BCUT2D eigenvalue weighted by molar-refractivity contribution is 5.71. The number of fused-ring (bicyclic) bond motifs is 1. The van der Waals surface area contributed by atoms with Crippen LogP contribution in [0.3, 0.4) is 0 Å². The van der Waals surface area contributed by atoms with Crippen molar-refractivity contribution in [3.05, 3.63) is 57.0 Å². The molecule has 31 heavy (non-hydrogen) atoms. The molecule has 1 fully saturated rings. The van der Waals surface area contributed by atoms with E-state index in [1.807, 2.05) is 17.6 Å². The number of aromatic nitrogens is 4. The first-order chi connectivity index (χ1) is 15.0. The van der Waals surface area contributed by atoms with E-state index in [2.05, 4.69) is 29.2 Å². The summed E-state index contributed by atoms with van der Waals surface area (Å²) in [6, 6.07) is 10.5. The maximum absolute atomic E-state index is 12.9. The van der Waals surface area contributed by atoms with Crippen LogP contribution in [0.1, 0.15) is 12.7 Å². The molecule has 2 aromatic heterocycles. The Morgan fingerprint density at radius 2 is 1.77 bits per heavy atom. The Balaban J connectivity index is 1.60. The van der Waals surface area contributed by atoms with Crippen LogP contribution in [-0.4, -0.2) is 58.1 Å². The number of hydrogen-bond acceptors (Lipinski definition) is 5. The molecule has 4 rings (SSSR count). The number of anilines is 1. The second-order valence-electron chi connectivity index (χ2n) is 8.00. The van der Waals surface area contributed by atoms with Crippen LogP contribution in [0.4, 0.5) is 5.69 Å². The van der Waals surface area contributed by atoms with Crippen molar-refractivity contribution in [2.75, 3.05) is 44.3 Å². The summed E-state index contributed by atoms with van der Waals surface area (Å²) in [5, 5.41) is 0. The maximum Gasteiger partial charge on any atom is 0.332 e. The highest BCUT2D eigenvalue weighted by atomic mass is 16.5. The minimum Gasteiger partial charge on any atom is -0.380 e. The number of nitrogens with one attached hydrogen (secondary N) is 1. The molecular weight excluding hydrogens is 396 g/mol. The topological polar surface area (TPSA) is 78.7 Å². The molecule has 9 heteroatoms. The Labute approximate surface area is 181 Å². The molecule has 0 bridgehead atoms. The van der Waals surface area contributed by atoms with Crippen molar-refractivity contribution in [1.29, 1.82) is 0 Å². The first kappa shape index (κ1) is 21.3. The predicted octanol–water partition coefficient (Wildman–Crippen LogP) is -0.625. The lowest BCUT2D eigenvalue weighted by Gasteiger charge is -2.33. The third kappa shape index (κ3) is 4.15. The summed E-state index contributed by atoms with van der Waals surface area (Å²) in [6.45, 7) is 8.23. The van der Waals surface area contributed by atoms with Crippen LogP contribution < -0.4 is 21.0 Å². The van der Waals surface area contributed by atoms with Gasteiger partial charge in [0.1, 0.15) is 6.54 Å². The molecule has 0 unspecified atom stereocenters. The molecule has 1 saturated heterocycles. The Morgan fingerprint density at radius 3 is 2.45 bits per heavy atom. The fraction of sp³-hybridized carbons (Fsp3) is 0.500. The molecule has 0 spiro atoms. The number of quaternary nitrogens is 1. The zero-order valence-corrected chi connectivity index (χ0v) is 18.5. The van der Waals surface area contributed by atoms with E-state index in [0.717, 1.165) is 36.6 Å². The fourth-order valence-electron chi connectivity index (χ4n) is 4.29. The van der Waals surface area contributed by atoms with E-state index < -0.39 is 0 Å². The van der Waals surface area contributed by atoms with Gasteiger partial charge in [-0.2, -0.15) is 0 Å². The van der Waals surface area contributed by atoms with Gasteiger partial charge in [0.05, 0.1) is 32.8 Å². The van der Waals surface area contributed by atoms with Gasteiger partial charge in [0, 0.05) is 32.9 Å². The highest BCUT2D eigenvalue weighted by Gasteiger charge is 2.25. The van der Waals surface area contributed by atoms with Crippen LogP contribution in [0, 0.1) is 0 Å². The number of aryl methyl sites for hydroxylation is 1. The first-order valence-corrected chi connectivity index (χ1v) is 10.9. The lowest BCUT2D eigenvalue weighted by Crippen LogP contribution is -3.13. The van der Waals surface area contributed by atoms with Crippen LogP contribution in [0.25, 0.3) is 11.2 Å². The smallest absolute Gasteiger partial charge is 0.332 e. The monoisotopic (exact) mass is 427 g/mol. The van der Waals surface area contributed by atoms with Crippen molar-refractivity contribution in [2.24, 2.45) is 14.1 Å². The van der Waals surface area contributed by atoms with Gasteiger partial charge in [-0.25, -0.2) is 9.78 Å². The van der Waals surface area contributed by atoms with Crippen molar-refractivity contribution in [1.82, 2.24) is 18.7 Å². The Hall–Kier alpha value is -2.91. The minimum absolute atomic E-state index is 0.308. The molecule has 0 radical (unpaired) electrons. The molecule has 1 N–H and O–H groups in total. The summed E-state index contributed by atoms with van der Waals surface area (Å²) in [4.78, 5) is 33.9. The fourth-order valence-corrected chi connectivity index (χ4v) is 4.29. The van der Waals surface area contributed by atoms with Crippen molar-refractivity contribution in [3.8, 4) is 0 Å². The molecule has 166 valence electrons. The molecule has 0 atom stereocenters. The average molecular weight is 428 g/mol. The maximum atomic E-state index is 12.9. The Bertz CT molecular complexity index is 1160. The summed E-state index contributed by atoms with van der Waals surface area (Å²) in [7, 11) is 3.18. The molecule has 0 saturated carbocycles. The lowest BCUT2D eigenvalue weighted by molar-refractivity contribution is -0.915. The minimum atomic E-state index is -0.359. The van der Waals surface area contributed by atoms with Crippen molar-refractivity contribution in [2.45, 2.75) is 20.0 Å². The van der Waals surface area contributed by atoms with Crippen LogP contribution in [0.15, 0.2) is 39.9 Å². The van der Waals surface area contributed by atoms with Gasteiger partial charge in [-0.05, 0) is 19.1 Å². The molecule has 3 aromatic rings. The van der Waals surface area contributed by atoms with Gasteiger partial charge in [-0.1, -0.05) is 18.2 Å². The summed E-state index contributed by atoms with van der Waals surface area (Å²) in [6.07, 6.45) is 0. The Morgan fingerprint density at radius 1 is 1.06 bits per heavy atom. The van der Waals surface area contributed by atoms with Crippen LogP contribution in [0.5, 0.6) is 0 Å². The predicted molar refractivity (Wildman–Crippen MR) is 120 cm³/mol. The van der Waals surface area contributed by atoms with Gasteiger partial charge < -0.3 is 19.1 Å². The molecule has 0 amide bonds. The normalized spacial score (nSPS) is 15.1. The van der Waals surface area contributed by atoms with Gasteiger partial charge in [-0.15, -0.1) is 0 Å². The highest BCUT2D eigenvalue weighted by Crippen LogP contribution is 2.13. The number of nitrogens with zero attached hydrogens (tertiary/aromatic N) is 5. The molecule has 1 aliphatic rings. The van der Waals surface area contributed by atoms with Gasteiger partial charge in [0.15, 0.2) is 17.0 Å². The number of hydrogen-bond donors (Lipinski definition) is 1. The second-order valence-corrected chi connectivity index (χ2v) is 8.00. The number of piperazine rings is 1. The van der Waals surface area contributed by atoms with Crippen LogP contribution in [-0.2, 0) is 31.9 Å². The molecular formula is C22H31N6O3+. The lowest BCUT2D eigenvalue weighted by atomic mass is 10.2. The van der Waals surface area contributed by atoms with E-state index in [-0.39, 0.29) is 11.2 Å². The number of benzene rings is 1. The average Bonchev–Trinajstić information content (AvgIpc) is 3.15. The van der Waals surface area contributed by atoms with Gasteiger partial charge >= 0.3 is 5.69 Å². The van der Waals surface area contributed by atoms with E-state index >= 15 is 0 Å². The standard InChI is InChI=1S/C22H30N6O3/c1-4-31-15-14-28-18(23-20-19(28)21(29)25(3)22(30)24(20)2)16-26-10-12-27(13-11-26)17-8-6-5-7-9-17/h5-9H,4,10-16H2,1-3H3/p+1. The largest absolute Gasteiger partial charge is 0.380 e.